The molecule has 0 bridgehead atoms. The number of nitrogens with zero attached hydrogens (tertiary/aromatic N) is 1. The lowest BCUT2D eigenvalue weighted by atomic mass is 9.87. The predicted molar refractivity (Wildman–Crippen MR) is 81.9 cm³/mol. The maximum atomic E-state index is 11.9. The second kappa shape index (κ2) is 6.75. The third-order valence-corrected chi connectivity index (χ3v) is 3.48. The van der Waals surface area contributed by atoms with E-state index in [4.69, 9.17) is 10.5 Å². The number of hydrogen-bond acceptors (Lipinski definition) is 3. The van der Waals surface area contributed by atoms with Crippen LogP contribution in [0.5, 0.6) is 5.75 Å². The molecule has 0 saturated carbocycles. The van der Waals surface area contributed by atoms with Crippen molar-refractivity contribution in [1.82, 2.24) is 4.90 Å². The van der Waals surface area contributed by atoms with Gasteiger partial charge in [-0.25, -0.2) is 0 Å². The van der Waals surface area contributed by atoms with E-state index in [1.54, 1.807) is 11.9 Å². The molecule has 0 spiro atoms. The summed E-state index contributed by atoms with van der Waals surface area (Å²) in [4.78, 5) is 13.5. The second-order valence-electron chi connectivity index (χ2n) is 6.15. The standard InChI is InChI=1S/C16H26N2O2/c1-12(10-17)18(5)15(19)11-20-14-8-6-13(7-9-14)16(2,3)4/h6-9,12H,10-11,17H2,1-5H3. The Bertz CT molecular complexity index is 435. The Balaban J connectivity index is 2.56. The maximum absolute atomic E-state index is 11.9. The fourth-order valence-electron chi connectivity index (χ4n) is 1.70. The number of ether oxygens (including phenoxy) is 1. The number of likely N-dealkylation sites (N-methyl/N-ethyl adjacent to an activating group) is 1. The lowest BCUT2D eigenvalue weighted by Gasteiger charge is -2.23. The molecule has 0 aliphatic carbocycles. The summed E-state index contributed by atoms with van der Waals surface area (Å²) in [7, 11) is 1.74. The molecule has 0 radical (unpaired) electrons. The lowest BCUT2D eigenvalue weighted by Crippen LogP contribution is -2.42. The zero-order valence-electron chi connectivity index (χ0n) is 13.1. The number of benzene rings is 1. The van der Waals surface area contributed by atoms with Crippen LogP contribution in [0.25, 0.3) is 0 Å². The van der Waals surface area contributed by atoms with Crippen LogP contribution >= 0.6 is 0 Å². The predicted octanol–water partition coefficient (Wildman–Crippen LogP) is 2.17. The van der Waals surface area contributed by atoms with Crippen molar-refractivity contribution >= 4 is 5.91 Å². The highest BCUT2D eigenvalue weighted by atomic mass is 16.5. The van der Waals surface area contributed by atoms with Gasteiger partial charge in [-0.15, -0.1) is 0 Å². The molecule has 1 aromatic rings. The maximum Gasteiger partial charge on any atom is 0.260 e. The van der Waals surface area contributed by atoms with E-state index in [2.05, 4.69) is 20.8 Å². The SMILES string of the molecule is CC(CN)N(C)C(=O)COc1ccc(C(C)(C)C)cc1. The summed E-state index contributed by atoms with van der Waals surface area (Å²) in [6, 6.07) is 7.90. The van der Waals surface area contributed by atoms with Crippen LogP contribution in [0.2, 0.25) is 0 Å². The van der Waals surface area contributed by atoms with Crippen LogP contribution < -0.4 is 10.5 Å². The van der Waals surface area contributed by atoms with E-state index >= 15 is 0 Å². The van der Waals surface area contributed by atoms with Gasteiger partial charge >= 0.3 is 0 Å². The summed E-state index contributed by atoms with van der Waals surface area (Å²) < 4.78 is 5.52. The summed E-state index contributed by atoms with van der Waals surface area (Å²) in [6.07, 6.45) is 0. The molecule has 4 heteroatoms. The van der Waals surface area contributed by atoms with Gasteiger partial charge in [-0.1, -0.05) is 32.9 Å². The zero-order chi connectivity index (χ0) is 15.3. The monoisotopic (exact) mass is 278 g/mol. The van der Waals surface area contributed by atoms with Crippen LogP contribution in [-0.2, 0) is 10.2 Å². The van der Waals surface area contributed by atoms with Gasteiger partial charge in [0.15, 0.2) is 6.61 Å². The highest BCUT2D eigenvalue weighted by Gasteiger charge is 2.16. The van der Waals surface area contributed by atoms with Crippen LogP contribution in [0.3, 0.4) is 0 Å². The molecule has 2 N–H and O–H groups in total. The molecule has 0 aromatic heterocycles. The molecule has 112 valence electrons. The van der Waals surface area contributed by atoms with E-state index in [0.29, 0.717) is 12.3 Å². The van der Waals surface area contributed by atoms with Crippen LogP contribution in [-0.4, -0.2) is 37.0 Å². The Hall–Kier alpha value is -1.55. The van der Waals surface area contributed by atoms with Crippen LogP contribution in [0.4, 0.5) is 0 Å². The molecule has 0 aliphatic rings. The number of hydrogen-bond donors (Lipinski definition) is 1. The lowest BCUT2D eigenvalue weighted by molar-refractivity contribution is -0.133. The molecule has 0 saturated heterocycles. The Morgan fingerprint density at radius 3 is 2.30 bits per heavy atom. The molecule has 4 nitrogen and oxygen atoms in total. The summed E-state index contributed by atoms with van der Waals surface area (Å²) in [5.74, 6) is 0.642. The molecule has 1 unspecified atom stereocenters. The van der Waals surface area contributed by atoms with Crippen molar-refractivity contribution in [3.8, 4) is 5.75 Å². The summed E-state index contributed by atoms with van der Waals surface area (Å²) in [6.45, 7) is 8.88. The minimum atomic E-state index is -0.0668. The van der Waals surface area contributed by atoms with Gasteiger partial charge in [0.25, 0.3) is 5.91 Å². The first kappa shape index (κ1) is 16.5. The minimum absolute atomic E-state index is 0.0226. The normalized spacial score (nSPS) is 12.9. The smallest absolute Gasteiger partial charge is 0.260 e. The molecule has 1 atom stereocenters. The van der Waals surface area contributed by atoms with Crippen LogP contribution in [0.1, 0.15) is 33.3 Å². The fraction of sp³-hybridized carbons (Fsp3) is 0.562. The van der Waals surface area contributed by atoms with Crippen molar-refractivity contribution in [3.63, 3.8) is 0 Å². The average molecular weight is 278 g/mol. The second-order valence-corrected chi connectivity index (χ2v) is 6.15. The summed E-state index contributed by atoms with van der Waals surface area (Å²) in [5, 5.41) is 0. The van der Waals surface area contributed by atoms with Gasteiger partial charge in [0, 0.05) is 19.6 Å². The van der Waals surface area contributed by atoms with Crippen molar-refractivity contribution in [3.05, 3.63) is 29.8 Å². The molecular weight excluding hydrogens is 252 g/mol. The third-order valence-electron chi connectivity index (χ3n) is 3.48. The van der Waals surface area contributed by atoms with E-state index in [9.17, 15) is 4.79 Å². The van der Waals surface area contributed by atoms with Crippen molar-refractivity contribution in [2.24, 2.45) is 5.73 Å². The molecule has 20 heavy (non-hydrogen) atoms. The Morgan fingerprint density at radius 1 is 1.30 bits per heavy atom. The summed E-state index contributed by atoms with van der Waals surface area (Å²) >= 11 is 0. The Kier molecular flexibility index (Phi) is 5.57. The van der Waals surface area contributed by atoms with E-state index < -0.39 is 0 Å². The number of amides is 1. The van der Waals surface area contributed by atoms with Gasteiger partial charge in [-0.05, 0) is 30.0 Å². The number of nitrogens with two attached hydrogens (primary N) is 1. The van der Waals surface area contributed by atoms with Gasteiger partial charge in [-0.3, -0.25) is 4.79 Å². The largest absolute Gasteiger partial charge is 0.484 e. The fourth-order valence-corrected chi connectivity index (χ4v) is 1.70. The van der Waals surface area contributed by atoms with Crippen molar-refractivity contribution in [1.29, 1.82) is 0 Å². The van der Waals surface area contributed by atoms with Crippen molar-refractivity contribution in [2.45, 2.75) is 39.2 Å². The Labute approximate surface area is 121 Å². The molecule has 1 amide bonds. The zero-order valence-corrected chi connectivity index (χ0v) is 13.1. The first-order valence-electron chi connectivity index (χ1n) is 6.94. The van der Waals surface area contributed by atoms with E-state index in [1.807, 2.05) is 31.2 Å². The van der Waals surface area contributed by atoms with E-state index in [-0.39, 0.29) is 24.0 Å². The molecular formula is C16H26N2O2. The summed E-state index contributed by atoms with van der Waals surface area (Å²) in [5.41, 5.74) is 6.90. The number of carbonyl (C=O) groups is 1. The van der Waals surface area contributed by atoms with Crippen molar-refractivity contribution in [2.75, 3.05) is 20.2 Å². The van der Waals surface area contributed by atoms with Gasteiger partial charge in [0.05, 0.1) is 0 Å². The molecule has 0 aliphatic heterocycles. The molecule has 1 aromatic carbocycles. The first-order valence-corrected chi connectivity index (χ1v) is 6.94. The van der Waals surface area contributed by atoms with Crippen LogP contribution in [0, 0.1) is 0 Å². The van der Waals surface area contributed by atoms with Crippen molar-refractivity contribution < 1.29 is 9.53 Å². The van der Waals surface area contributed by atoms with Gasteiger partial charge in [0.1, 0.15) is 5.75 Å². The highest BCUT2D eigenvalue weighted by Crippen LogP contribution is 2.24. The minimum Gasteiger partial charge on any atom is -0.484 e. The molecule has 0 heterocycles. The molecule has 1 rings (SSSR count). The van der Waals surface area contributed by atoms with Gasteiger partial charge < -0.3 is 15.4 Å². The average Bonchev–Trinajstić information content (AvgIpc) is 2.42. The highest BCUT2D eigenvalue weighted by molar-refractivity contribution is 5.77. The topological polar surface area (TPSA) is 55.6 Å². The van der Waals surface area contributed by atoms with Gasteiger partial charge in [-0.2, -0.15) is 0 Å². The van der Waals surface area contributed by atoms with E-state index in [1.165, 1.54) is 5.56 Å². The van der Waals surface area contributed by atoms with Crippen LogP contribution in [0.15, 0.2) is 24.3 Å². The third kappa shape index (κ3) is 4.53. The Morgan fingerprint density at radius 2 is 1.85 bits per heavy atom. The number of carbonyl (C=O) groups excluding carboxylic acids is 1. The van der Waals surface area contributed by atoms with E-state index in [0.717, 1.165) is 0 Å². The number of rotatable bonds is 5. The first-order chi connectivity index (χ1) is 9.25. The van der Waals surface area contributed by atoms with Gasteiger partial charge in [0.2, 0.25) is 0 Å². The molecule has 0 fully saturated rings. The quantitative estimate of drug-likeness (QED) is 0.898.